The average Bonchev–Trinajstić information content (AvgIpc) is 2.59. The quantitative estimate of drug-likeness (QED) is 0.731. The second-order valence-electron chi connectivity index (χ2n) is 4.83. The molecule has 0 unspecified atom stereocenters. The van der Waals surface area contributed by atoms with Crippen LogP contribution in [0.25, 0.3) is 22.2 Å². The molecule has 2 aromatic carbocycles. The highest BCUT2D eigenvalue weighted by Gasteiger charge is 2.08. The van der Waals surface area contributed by atoms with Crippen molar-refractivity contribution in [3.05, 3.63) is 48.5 Å². The lowest BCUT2D eigenvalue weighted by Crippen LogP contribution is -1.92. The van der Waals surface area contributed by atoms with Crippen molar-refractivity contribution in [2.75, 3.05) is 21.3 Å². The maximum atomic E-state index is 5.34. The summed E-state index contributed by atoms with van der Waals surface area (Å²) in [6, 6.07) is 15.7. The number of aromatic nitrogens is 1. The second-order valence-corrected chi connectivity index (χ2v) is 4.83. The lowest BCUT2D eigenvalue weighted by atomic mass is 10.1. The predicted octanol–water partition coefficient (Wildman–Crippen LogP) is 3.93. The van der Waals surface area contributed by atoms with Crippen molar-refractivity contribution < 1.29 is 14.2 Å². The number of nitrogens with zero attached hydrogens (tertiary/aromatic N) is 1. The van der Waals surface area contributed by atoms with E-state index in [0.29, 0.717) is 11.5 Å². The van der Waals surface area contributed by atoms with E-state index in [1.54, 1.807) is 21.3 Å². The second kappa shape index (κ2) is 5.93. The summed E-state index contributed by atoms with van der Waals surface area (Å²) in [4.78, 5) is 4.71. The molecule has 0 aliphatic carbocycles. The van der Waals surface area contributed by atoms with Gasteiger partial charge in [0.05, 0.1) is 32.5 Å². The largest absolute Gasteiger partial charge is 0.497 e. The molecule has 4 heteroatoms. The third-order valence-electron chi connectivity index (χ3n) is 3.56. The van der Waals surface area contributed by atoms with Gasteiger partial charge in [0.15, 0.2) is 11.5 Å². The monoisotopic (exact) mass is 295 g/mol. The number of rotatable bonds is 4. The summed E-state index contributed by atoms with van der Waals surface area (Å²) in [5.41, 5.74) is 2.76. The fourth-order valence-corrected chi connectivity index (χ4v) is 2.39. The number of hydrogen-bond donors (Lipinski definition) is 0. The summed E-state index contributed by atoms with van der Waals surface area (Å²) in [6.45, 7) is 0. The van der Waals surface area contributed by atoms with Crippen LogP contribution in [-0.2, 0) is 0 Å². The first kappa shape index (κ1) is 14.2. The molecule has 0 amide bonds. The molecule has 3 rings (SSSR count). The van der Waals surface area contributed by atoms with Crippen molar-refractivity contribution in [3.8, 4) is 28.5 Å². The molecule has 0 aliphatic heterocycles. The number of ether oxygens (including phenoxy) is 3. The third kappa shape index (κ3) is 2.55. The van der Waals surface area contributed by atoms with E-state index >= 15 is 0 Å². The average molecular weight is 295 g/mol. The van der Waals surface area contributed by atoms with E-state index in [0.717, 1.165) is 27.9 Å². The summed E-state index contributed by atoms with van der Waals surface area (Å²) in [5.74, 6) is 2.18. The minimum atomic E-state index is 0.672. The molecule has 1 heterocycles. The molecule has 0 fully saturated rings. The standard InChI is InChI=1S/C18H17NO3/c1-20-14-6-4-5-12(9-14)15-8-7-13-10-17(21-2)18(22-3)11-16(13)19-15/h4-11H,1-3H3. The van der Waals surface area contributed by atoms with Crippen LogP contribution in [0.2, 0.25) is 0 Å². The Morgan fingerprint density at radius 2 is 1.55 bits per heavy atom. The van der Waals surface area contributed by atoms with Crippen LogP contribution >= 0.6 is 0 Å². The van der Waals surface area contributed by atoms with Crippen molar-refractivity contribution >= 4 is 10.9 Å². The van der Waals surface area contributed by atoms with Crippen molar-refractivity contribution in [1.29, 1.82) is 0 Å². The maximum absolute atomic E-state index is 5.34. The lowest BCUT2D eigenvalue weighted by molar-refractivity contribution is 0.356. The van der Waals surface area contributed by atoms with Gasteiger partial charge in [0.1, 0.15) is 5.75 Å². The molecule has 0 atom stereocenters. The summed E-state index contributed by atoms with van der Waals surface area (Å²) >= 11 is 0. The number of pyridine rings is 1. The molecule has 0 spiro atoms. The molecule has 0 saturated carbocycles. The first-order valence-electron chi connectivity index (χ1n) is 6.92. The molecule has 0 radical (unpaired) electrons. The zero-order valence-corrected chi connectivity index (χ0v) is 12.8. The van der Waals surface area contributed by atoms with E-state index in [2.05, 4.69) is 0 Å². The zero-order valence-electron chi connectivity index (χ0n) is 12.8. The van der Waals surface area contributed by atoms with Crippen LogP contribution < -0.4 is 14.2 Å². The molecule has 112 valence electrons. The fraction of sp³-hybridized carbons (Fsp3) is 0.167. The van der Waals surface area contributed by atoms with E-state index in [1.807, 2.05) is 48.5 Å². The Bertz CT molecular complexity index is 815. The van der Waals surface area contributed by atoms with Crippen molar-refractivity contribution in [2.45, 2.75) is 0 Å². The minimum Gasteiger partial charge on any atom is -0.497 e. The molecule has 0 aliphatic rings. The summed E-state index contributed by atoms with van der Waals surface area (Å²) < 4.78 is 15.9. The normalized spacial score (nSPS) is 10.5. The fourth-order valence-electron chi connectivity index (χ4n) is 2.39. The maximum Gasteiger partial charge on any atom is 0.162 e. The highest BCUT2D eigenvalue weighted by Crippen LogP contribution is 2.32. The van der Waals surface area contributed by atoms with E-state index in [9.17, 15) is 0 Å². The lowest BCUT2D eigenvalue weighted by Gasteiger charge is -2.10. The van der Waals surface area contributed by atoms with Crippen LogP contribution in [0.5, 0.6) is 17.2 Å². The third-order valence-corrected chi connectivity index (χ3v) is 3.56. The predicted molar refractivity (Wildman–Crippen MR) is 86.8 cm³/mol. The highest BCUT2D eigenvalue weighted by atomic mass is 16.5. The Hall–Kier alpha value is -2.75. The van der Waals surface area contributed by atoms with E-state index < -0.39 is 0 Å². The Balaban J connectivity index is 2.12. The van der Waals surface area contributed by atoms with Crippen molar-refractivity contribution in [3.63, 3.8) is 0 Å². The molecule has 4 nitrogen and oxygen atoms in total. The summed E-state index contributed by atoms with van der Waals surface area (Å²) in [7, 11) is 4.90. The summed E-state index contributed by atoms with van der Waals surface area (Å²) in [6.07, 6.45) is 0. The highest BCUT2D eigenvalue weighted by molar-refractivity contribution is 5.85. The first-order valence-corrected chi connectivity index (χ1v) is 6.92. The van der Waals surface area contributed by atoms with Gasteiger partial charge in [-0.1, -0.05) is 18.2 Å². The van der Waals surface area contributed by atoms with Crippen LogP contribution in [0.4, 0.5) is 0 Å². The van der Waals surface area contributed by atoms with Gasteiger partial charge in [-0.15, -0.1) is 0 Å². The van der Waals surface area contributed by atoms with Crippen LogP contribution in [-0.4, -0.2) is 26.3 Å². The van der Waals surface area contributed by atoms with Gasteiger partial charge < -0.3 is 14.2 Å². The number of methoxy groups -OCH3 is 3. The molecule has 0 N–H and O–H groups in total. The van der Waals surface area contributed by atoms with Crippen molar-refractivity contribution in [1.82, 2.24) is 4.98 Å². The molecular formula is C18H17NO3. The van der Waals surface area contributed by atoms with Gasteiger partial charge in [0, 0.05) is 17.0 Å². The van der Waals surface area contributed by atoms with Gasteiger partial charge in [-0.3, -0.25) is 0 Å². The topological polar surface area (TPSA) is 40.6 Å². The van der Waals surface area contributed by atoms with Gasteiger partial charge >= 0.3 is 0 Å². The number of benzene rings is 2. The summed E-state index contributed by atoms with van der Waals surface area (Å²) in [5, 5.41) is 1.00. The van der Waals surface area contributed by atoms with E-state index in [-0.39, 0.29) is 0 Å². The van der Waals surface area contributed by atoms with Crippen LogP contribution in [0.3, 0.4) is 0 Å². The SMILES string of the molecule is COc1cccc(-c2ccc3cc(OC)c(OC)cc3n2)c1. The minimum absolute atomic E-state index is 0.672. The van der Waals surface area contributed by atoms with Gasteiger partial charge in [0.2, 0.25) is 0 Å². The Morgan fingerprint density at radius 1 is 0.773 bits per heavy atom. The van der Waals surface area contributed by atoms with Crippen LogP contribution in [0.15, 0.2) is 48.5 Å². The Kier molecular flexibility index (Phi) is 3.83. The smallest absolute Gasteiger partial charge is 0.162 e. The molecule has 22 heavy (non-hydrogen) atoms. The number of hydrogen-bond acceptors (Lipinski definition) is 4. The zero-order chi connectivity index (χ0) is 15.5. The molecule has 0 saturated heterocycles. The van der Waals surface area contributed by atoms with Gasteiger partial charge in [0.25, 0.3) is 0 Å². The van der Waals surface area contributed by atoms with Gasteiger partial charge in [-0.2, -0.15) is 0 Å². The van der Waals surface area contributed by atoms with Crippen molar-refractivity contribution in [2.24, 2.45) is 0 Å². The van der Waals surface area contributed by atoms with E-state index in [4.69, 9.17) is 19.2 Å². The number of fused-ring (bicyclic) bond motifs is 1. The van der Waals surface area contributed by atoms with Gasteiger partial charge in [-0.25, -0.2) is 4.98 Å². The Morgan fingerprint density at radius 3 is 2.27 bits per heavy atom. The van der Waals surface area contributed by atoms with Crippen LogP contribution in [0, 0.1) is 0 Å². The Labute approximate surface area is 129 Å². The molecule has 3 aromatic rings. The van der Waals surface area contributed by atoms with Crippen LogP contribution in [0.1, 0.15) is 0 Å². The molecule has 1 aromatic heterocycles. The van der Waals surface area contributed by atoms with E-state index in [1.165, 1.54) is 0 Å². The van der Waals surface area contributed by atoms with Gasteiger partial charge in [-0.05, 0) is 24.3 Å². The molecular weight excluding hydrogens is 278 g/mol. The molecule has 0 bridgehead atoms. The first-order chi connectivity index (χ1) is 10.7.